The molecule has 0 aromatic heterocycles. The van der Waals surface area contributed by atoms with Crippen LogP contribution in [-0.2, 0) is 4.74 Å². The molecule has 0 aliphatic carbocycles. The maximum Gasteiger partial charge on any atom is 0.165 e. The third kappa shape index (κ3) is 4.96. The van der Waals surface area contributed by atoms with Crippen molar-refractivity contribution >= 4 is 0 Å². The molecule has 5 heteroatoms. The average molecular weight is 359 g/mol. The molecule has 0 radical (unpaired) electrons. The predicted molar refractivity (Wildman–Crippen MR) is 99.4 cm³/mol. The van der Waals surface area contributed by atoms with Crippen molar-refractivity contribution < 1.29 is 18.6 Å². The number of hydrogen-bond donors (Lipinski definition) is 0. The molecule has 0 N–H and O–H groups in total. The van der Waals surface area contributed by atoms with Crippen LogP contribution in [0.15, 0.2) is 42.5 Å². The van der Waals surface area contributed by atoms with Gasteiger partial charge in [0.05, 0.1) is 20.3 Å². The zero-order chi connectivity index (χ0) is 18.4. The number of rotatable bonds is 7. The molecule has 4 nitrogen and oxygen atoms in total. The number of nitrogens with zero attached hydrogens (tertiary/aromatic N) is 1. The topological polar surface area (TPSA) is 30.9 Å². The third-order valence-corrected chi connectivity index (χ3v) is 4.65. The van der Waals surface area contributed by atoms with Gasteiger partial charge in [-0.1, -0.05) is 18.2 Å². The Bertz CT molecular complexity index is 699. The SMILES string of the molecule is COc1ccc(C(CCN2CCOCC2)Oc2cc(C)ccc2F)cc1. The molecule has 3 rings (SSSR count). The average Bonchev–Trinajstić information content (AvgIpc) is 2.68. The van der Waals surface area contributed by atoms with Gasteiger partial charge in [-0.25, -0.2) is 4.39 Å². The van der Waals surface area contributed by atoms with E-state index in [4.69, 9.17) is 14.2 Å². The van der Waals surface area contributed by atoms with E-state index in [2.05, 4.69) is 4.90 Å². The second kappa shape index (κ2) is 9.01. The van der Waals surface area contributed by atoms with Gasteiger partial charge in [0.15, 0.2) is 11.6 Å². The highest BCUT2D eigenvalue weighted by atomic mass is 19.1. The van der Waals surface area contributed by atoms with Crippen molar-refractivity contribution in [3.8, 4) is 11.5 Å². The van der Waals surface area contributed by atoms with Gasteiger partial charge in [-0.3, -0.25) is 4.90 Å². The maximum absolute atomic E-state index is 14.2. The summed E-state index contributed by atoms with van der Waals surface area (Å²) in [5.41, 5.74) is 1.99. The van der Waals surface area contributed by atoms with Gasteiger partial charge >= 0.3 is 0 Å². The minimum absolute atomic E-state index is 0.222. The normalized spacial score (nSPS) is 16.3. The monoisotopic (exact) mass is 359 g/mol. The summed E-state index contributed by atoms with van der Waals surface area (Å²) in [7, 11) is 1.64. The summed E-state index contributed by atoms with van der Waals surface area (Å²) in [6.07, 6.45) is 0.555. The maximum atomic E-state index is 14.2. The van der Waals surface area contributed by atoms with Crippen LogP contribution < -0.4 is 9.47 Å². The van der Waals surface area contributed by atoms with Gasteiger partial charge in [-0.15, -0.1) is 0 Å². The number of aryl methyl sites for hydroxylation is 1. The number of hydrogen-bond acceptors (Lipinski definition) is 4. The zero-order valence-electron chi connectivity index (χ0n) is 15.4. The van der Waals surface area contributed by atoms with Crippen molar-refractivity contribution in [1.29, 1.82) is 0 Å². The first-order chi connectivity index (χ1) is 12.7. The molecule has 0 bridgehead atoms. The Hall–Kier alpha value is -2.11. The molecule has 2 aromatic rings. The molecule has 1 heterocycles. The van der Waals surface area contributed by atoms with E-state index < -0.39 is 0 Å². The molecule has 0 spiro atoms. The van der Waals surface area contributed by atoms with Crippen LogP contribution >= 0.6 is 0 Å². The van der Waals surface area contributed by atoms with Crippen LogP contribution in [0.1, 0.15) is 23.7 Å². The Labute approximate surface area is 154 Å². The van der Waals surface area contributed by atoms with Gasteiger partial charge in [-0.2, -0.15) is 0 Å². The van der Waals surface area contributed by atoms with Crippen molar-refractivity contribution in [2.45, 2.75) is 19.4 Å². The van der Waals surface area contributed by atoms with Crippen LogP contribution in [0, 0.1) is 12.7 Å². The summed E-state index contributed by atoms with van der Waals surface area (Å²) in [6, 6.07) is 12.7. The minimum atomic E-state index is -0.333. The summed E-state index contributed by atoms with van der Waals surface area (Å²) < 4.78 is 30.9. The molecule has 1 fully saturated rings. The van der Waals surface area contributed by atoms with Crippen LogP contribution in [0.25, 0.3) is 0 Å². The van der Waals surface area contributed by atoms with E-state index in [0.29, 0.717) is 5.75 Å². The Morgan fingerprint density at radius 1 is 1.12 bits per heavy atom. The van der Waals surface area contributed by atoms with Gasteiger partial charge in [0.1, 0.15) is 11.9 Å². The minimum Gasteiger partial charge on any atom is -0.497 e. The van der Waals surface area contributed by atoms with Crippen LogP contribution in [-0.4, -0.2) is 44.9 Å². The van der Waals surface area contributed by atoms with Crippen LogP contribution in [0.5, 0.6) is 11.5 Å². The molecule has 0 amide bonds. The van der Waals surface area contributed by atoms with Crippen molar-refractivity contribution in [3.63, 3.8) is 0 Å². The van der Waals surface area contributed by atoms with Crippen molar-refractivity contribution in [2.75, 3.05) is 40.0 Å². The lowest BCUT2D eigenvalue weighted by Crippen LogP contribution is -2.37. The van der Waals surface area contributed by atoms with E-state index in [1.54, 1.807) is 19.2 Å². The standard InChI is InChI=1S/C21H26FNO3/c1-16-3-8-19(22)21(15-16)26-20(9-10-23-11-13-25-14-12-23)17-4-6-18(24-2)7-5-17/h3-8,15,20H,9-14H2,1-2H3. The lowest BCUT2D eigenvalue weighted by Gasteiger charge is -2.29. The molecular weight excluding hydrogens is 333 g/mol. The zero-order valence-corrected chi connectivity index (χ0v) is 15.4. The number of benzene rings is 2. The van der Waals surface area contributed by atoms with Crippen LogP contribution in [0.4, 0.5) is 4.39 Å². The number of ether oxygens (including phenoxy) is 3. The van der Waals surface area contributed by atoms with Crippen LogP contribution in [0.3, 0.4) is 0 Å². The summed E-state index contributed by atoms with van der Waals surface area (Å²) in [5.74, 6) is 0.760. The summed E-state index contributed by atoms with van der Waals surface area (Å²) in [6.45, 7) is 6.19. The smallest absolute Gasteiger partial charge is 0.165 e. The first kappa shape index (κ1) is 18.7. The van der Waals surface area contributed by atoms with Gasteiger partial charge in [0, 0.05) is 26.1 Å². The van der Waals surface area contributed by atoms with Crippen molar-refractivity contribution in [1.82, 2.24) is 4.90 Å². The number of methoxy groups -OCH3 is 1. The fraction of sp³-hybridized carbons (Fsp3) is 0.429. The summed E-state index contributed by atoms with van der Waals surface area (Å²) in [4.78, 5) is 2.36. The van der Waals surface area contributed by atoms with Gasteiger partial charge in [0.2, 0.25) is 0 Å². The van der Waals surface area contributed by atoms with E-state index in [0.717, 1.165) is 56.1 Å². The fourth-order valence-corrected chi connectivity index (χ4v) is 3.09. The number of morpholine rings is 1. The molecule has 2 aromatic carbocycles. The van der Waals surface area contributed by atoms with Gasteiger partial charge in [-0.05, 0) is 42.3 Å². The lowest BCUT2D eigenvalue weighted by atomic mass is 10.1. The van der Waals surface area contributed by atoms with E-state index in [9.17, 15) is 4.39 Å². The summed E-state index contributed by atoms with van der Waals surface area (Å²) in [5, 5.41) is 0. The van der Waals surface area contributed by atoms with Crippen LogP contribution in [0.2, 0.25) is 0 Å². The third-order valence-electron chi connectivity index (χ3n) is 4.65. The molecule has 140 valence electrons. The van der Waals surface area contributed by atoms with Crippen molar-refractivity contribution in [2.24, 2.45) is 0 Å². The Balaban J connectivity index is 1.76. The molecule has 1 atom stereocenters. The molecule has 1 unspecified atom stereocenters. The molecule has 1 aliphatic heterocycles. The highest BCUT2D eigenvalue weighted by Crippen LogP contribution is 2.29. The number of halogens is 1. The second-order valence-corrected chi connectivity index (χ2v) is 6.56. The molecule has 1 saturated heterocycles. The lowest BCUT2D eigenvalue weighted by molar-refractivity contribution is 0.0315. The Kier molecular flexibility index (Phi) is 6.47. The molecule has 1 aliphatic rings. The van der Waals surface area contributed by atoms with E-state index in [-0.39, 0.29) is 11.9 Å². The van der Waals surface area contributed by atoms with E-state index in [1.165, 1.54) is 6.07 Å². The first-order valence-electron chi connectivity index (χ1n) is 9.02. The second-order valence-electron chi connectivity index (χ2n) is 6.56. The van der Waals surface area contributed by atoms with Gasteiger partial charge in [0.25, 0.3) is 0 Å². The van der Waals surface area contributed by atoms with Gasteiger partial charge < -0.3 is 14.2 Å². The highest BCUT2D eigenvalue weighted by molar-refractivity contribution is 5.32. The first-order valence-corrected chi connectivity index (χ1v) is 9.02. The van der Waals surface area contributed by atoms with E-state index in [1.807, 2.05) is 31.2 Å². The molecule has 26 heavy (non-hydrogen) atoms. The quantitative estimate of drug-likeness (QED) is 0.748. The largest absolute Gasteiger partial charge is 0.497 e. The fourth-order valence-electron chi connectivity index (χ4n) is 3.09. The summed E-state index contributed by atoms with van der Waals surface area (Å²) >= 11 is 0. The van der Waals surface area contributed by atoms with Crippen molar-refractivity contribution in [3.05, 3.63) is 59.4 Å². The Morgan fingerprint density at radius 3 is 2.54 bits per heavy atom. The highest BCUT2D eigenvalue weighted by Gasteiger charge is 2.19. The Morgan fingerprint density at radius 2 is 1.85 bits per heavy atom. The molecular formula is C21H26FNO3. The molecule has 0 saturated carbocycles. The predicted octanol–water partition coefficient (Wildman–Crippen LogP) is 3.99. The van der Waals surface area contributed by atoms with E-state index >= 15 is 0 Å².